The van der Waals surface area contributed by atoms with Crippen molar-refractivity contribution in [2.45, 2.75) is 47.1 Å². The molecule has 0 aliphatic carbocycles. The molecule has 1 aromatic carbocycles. The minimum absolute atomic E-state index is 0.208. The molecular weight excluding hydrogens is 188 g/mol. The first-order valence-corrected chi connectivity index (χ1v) is 5.21. The summed E-state index contributed by atoms with van der Waals surface area (Å²) in [5.41, 5.74) is 2.56. The zero-order valence-corrected chi connectivity index (χ0v) is 10.4. The summed E-state index contributed by atoms with van der Waals surface area (Å²) in [4.78, 5) is 0. The average Bonchev–Trinajstić information content (AvgIpc) is 2.08. The second-order valence-electron chi connectivity index (χ2n) is 5.00. The molecule has 0 atom stereocenters. The first-order chi connectivity index (χ1) is 6.72. The number of benzene rings is 1. The number of phenols is 1. The third kappa shape index (κ3) is 2.65. The number of hydrogen-bond donors (Lipinski definition) is 1. The van der Waals surface area contributed by atoms with E-state index in [1.807, 2.05) is 47.6 Å². The van der Waals surface area contributed by atoms with Crippen molar-refractivity contribution in [3.63, 3.8) is 0 Å². The molecule has 0 spiro atoms. The predicted octanol–water partition coefficient (Wildman–Crippen LogP) is 3.49. The van der Waals surface area contributed by atoms with Crippen molar-refractivity contribution >= 4 is 0 Å². The monoisotopic (exact) mass is 208 g/mol. The summed E-state index contributed by atoms with van der Waals surface area (Å²) in [7, 11) is 0. The van der Waals surface area contributed by atoms with Crippen LogP contribution in [0.5, 0.6) is 11.5 Å². The van der Waals surface area contributed by atoms with Gasteiger partial charge in [-0.15, -0.1) is 0 Å². The van der Waals surface area contributed by atoms with Gasteiger partial charge in [-0.25, -0.2) is 0 Å². The smallest absolute Gasteiger partial charge is 0.123 e. The van der Waals surface area contributed by atoms with Crippen LogP contribution in [0.2, 0.25) is 0 Å². The molecule has 0 amide bonds. The second kappa shape index (κ2) is 3.76. The maximum Gasteiger partial charge on any atom is 0.123 e. The largest absolute Gasteiger partial charge is 0.507 e. The normalized spacial score (nSPS) is 11.6. The van der Waals surface area contributed by atoms with Crippen molar-refractivity contribution < 1.29 is 9.84 Å². The van der Waals surface area contributed by atoms with Crippen LogP contribution in [0.1, 0.15) is 37.5 Å². The lowest BCUT2D eigenvalue weighted by Crippen LogP contribution is -2.23. The fourth-order valence-corrected chi connectivity index (χ4v) is 1.47. The molecule has 0 fully saturated rings. The van der Waals surface area contributed by atoms with Crippen molar-refractivity contribution in [2.75, 3.05) is 0 Å². The van der Waals surface area contributed by atoms with Crippen molar-refractivity contribution in [3.8, 4) is 11.5 Å². The van der Waals surface area contributed by atoms with Crippen LogP contribution in [0.25, 0.3) is 0 Å². The van der Waals surface area contributed by atoms with Crippen LogP contribution in [-0.4, -0.2) is 10.7 Å². The Kier molecular flexibility index (Phi) is 2.98. The van der Waals surface area contributed by atoms with Gasteiger partial charge in [0.15, 0.2) is 0 Å². The van der Waals surface area contributed by atoms with Gasteiger partial charge in [0.25, 0.3) is 0 Å². The number of rotatable bonds is 1. The molecule has 0 saturated carbocycles. The third-order valence-electron chi connectivity index (χ3n) is 2.42. The van der Waals surface area contributed by atoms with Crippen LogP contribution in [0.4, 0.5) is 0 Å². The summed E-state index contributed by atoms with van der Waals surface area (Å²) in [6.07, 6.45) is 0. The zero-order valence-electron chi connectivity index (χ0n) is 10.4. The van der Waals surface area contributed by atoms with Crippen LogP contribution >= 0.6 is 0 Å². The van der Waals surface area contributed by atoms with E-state index in [0.29, 0.717) is 5.75 Å². The van der Waals surface area contributed by atoms with E-state index in [1.54, 1.807) is 0 Å². The quantitative estimate of drug-likeness (QED) is 0.765. The highest BCUT2D eigenvalue weighted by Gasteiger charge is 2.16. The SMILES string of the molecule is Cc1cc(OC(C)(C)C)c(C)c(C)c1O. The first kappa shape index (κ1) is 11.9. The van der Waals surface area contributed by atoms with E-state index in [4.69, 9.17) is 4.74 Å². The van der Waals surface area contributed by atoms with Gasteiger partial charge in [-0.1, -0.05) is 0 Å². The van der Waals surface area contributed by atoms with Crippen LogP contribution in [0.15, 0.2) is 6.07 Å². The molecule has 1 rings (SSSR count). The standard InChI is InChI=1S/C13H20O2/c1-8-7-11(15-13(4,5)6)9(2)10(3)12(8)14/h7,14H,1-6H3. The fraction of sp³-hybridized carbons (Fsp3) is 0.538. The van der Waals surface area contributed by atoms with E-state index in [2.05, 4.69) is 0 Å². The van der Waals surface area contributed by atoms with Crippen LogP contribution in [-0.2, 0) is 0 Å². The molecule has 1 N–H and O–H groups in total. The van der Waals surface area contributed by atoms with E-state index in [0.717, 1.165) is 22.4 Å². The number of ether oxygens (including phenoxy) is 1. The van der Waals surface area contributed by atoms with Crippen LogP contribution in [0, 0.1) is 20.8 Å². The van der Waals surface area contributed by atoms with Gasteiger partial charge in [0, 0.05) is 0 Å². The van der Waals surface area contributed by atoms with Gasteiger partial charge < -0.3 is 9.84 Å². The van der Waals surface area contributed by atoms with E-state index >= 15 is 0 Å². The van der Waals surface area contributed by atoms with Gasteiger partial charge in [0.2, 0.25) is 0 Å². The summed E-state index contributed by atoms with van der Waals surface area (Å²) in [6, 6.07) is 1.89. The summed E-state index contributed by atoms with van der Waals surface area (Å²) in [5, 5.41) is 9.75. The highest BCUT2D eigenvalue weighted by atomic mass is 16.5. The second-order valence-corrected chi connectivity index (χ2v) is 5.00. The minimum atomic E-state index is -0.208. The molecule has 2 heteroatoms. The lowest BCUT2D eigenvalue weighted by molar-refractivity contribution is 0.129. The molecule has 0 radical (unpaired) electrons. The van der Waals surface area contributed by atoms with E-state index in [9.17, 15) is 5.11 Å². The average molecular weight is 208 g/mol. The number of aromatic hydroxyl groups is 1. The van der Waals surface area contributed by atoms with Gasteiger partial charge in [0.05, 0.1) is 0 Å². The Balaban J connectivity index is 3.21. The Hall–Kier alpha value is -1.18. The van der Waals surface area contributed by atoms with Gasteiger partial charge in [-0.2, -0.15) is 0 Å². The Morgan fingerprint density at radius 1 is 1.07 bits per heavy atom. The van der Waals surface area contributed by atoms with E-state index in [-0.39, 0.29) is 5.60 Å². The molecule has 0 bridgehead atoms. The molecule has 0 aliphatic rings. The number of phenolic OH excluding ortho intramolecular Hbond substituents is 1. The lowest BCUT2D eigenvalue weighted by atomic mass is 10.0. The van der Waals surface area contributed by atoms with Crippen LogP contribution < -0.4 is 4.74 Å². The van der Waals surface area contributed by atoms with E-state index < -0.39 is 0 Å². The Morgan fingerprint density at radius 2 is 1.60 bits per heavy atom. The number of aryl methyl sites for hydroxylation is 1. The molecule has 0 saturated heterocycles. The van der Waals surface area contributed by atoms with Gasteiger partial charge in [-0.05, 0) is 64.3 Å². The molecule has 2 nitrogen and oxygen atoms in total. The molecular formula is C13H20O2. The minimum Gasteiger partial charge on any atom is -0.507 e. The molecule has 0 aliphatic heterocycles. The molecule has 15 heavy (non-hydrogen) atoms. The third-order valence-corrected chi connectivity index (χ3v) is 2.42. The van der Waals surface area contributed by atoms with E-state index in [1.165, 1.54) is 0 Å². The van der Waals surface area contributed by atoms with Gasteiger partial charge in [0.1, 0.15) is 17.1 Å². The maximum atomic E-state index is 9.75. The van der Waals surface area contributed by atoms with Gasteiger partial charge in [-0.3, -0.25) is 0 Å². The molecule has 0 aromatic heterocycles. The van der Waals surface area contributed by atoms with Crippen molar-refractivity contribution in [1.82, 2.24) is 0 Å². The maximum absolute atomic E-state index is 9.75. The molecule has 0 unspecified atom stereocenters. The van der Waals surface area contributed by atoms with Crippen LogP contribution in [0.3, 0.4) is 0 Å². The summed E-state index contributed by atoms with van der Waals surface area (Å²) in [5.74, 6) is 1.23. The fourth-order valence-electron chi connectivity index (χ4n) is 1.47. The Morgan fingerprint density at radius 3 is 2.07 bits per heavy atom. The summed E-state index contributed by atoms with van der Waals surface area (Å²) < 4.78 is 5.84. The highest BCUT2D eigenvalue weighted by Crippen LogP contribution is 2.33. The summed E-state index contributed by atoms with van der Waals surface area (Å²) in [6.45, 7) is 11.8. The Bertz CT molecular complexity index is 373. The molecule has 1 aromatic rings. The molecule has 0 heterocycles. The number of hydrogen-bond acceptors (Lipinski definition) is 2. The topological polar surface area (TPSA) is 29.5 Å². The zero-order chi connectivity index (χ0) is 11.8. The van der Waals surface area contributed by atoms with Crippen molar-refractivity contribution in [1.29, 1.82) is 0 Å². The summed E-state index contributed by atoms with van der Waals surface area (Å²) >= 11 is 0. The Labute approximate surface area is 91.9 Å². The predicted molar refractivity (Wildman–Crippen MR) is 62.7 cm³/mol. The first-order valence-electron chi connectivity index (χ1n) is 5.21. The van der Waals surface area contributed by atoms with Crippen molar-refractivity contribution in [2.24, 2.45) is 0 Å². The highest BCUT2D eigenvalue weighted by molar-refractivity contribution is 5.51. The van der Waals surface area contributed by atoms with Crippen molar-refractivity contribution in [3.05, 3.63) is 22.8 Å². The molecule has 84 valence electrons. The lowest BCUT2D eigenvalue weighted by Gasteiger charge is -2.24. The van der Waals surface area contributed by atoms with Gasteiger partial charge >= 0.3 is 0 Å².